The largest absolute Gasteiger partial charge is 0.366 e. The van der Waals surface area contributed by atoms with Crippen LogP contribution in [-0.4, -0.2) is 10.8 Å². The lowest BCUT2D eigenvalue weighted by Crippen LogP contribution is -2.17. The Morgan fingerprint density at radius 2 is 2.24 bits per heavy atom. The summed E-state index contributed by atoms with van der Waals surface area (Å²) in [4.78, 5) is 22.4. The molecule has 0 radical (unpaired) electrons. The highest BCUT2D eigenvalue weighted by Gasteiger charge is 2.11. The van der Waals surface area contributed by atoms with Gasteiger partial charge < -0.3 is 11.1 Å². The number of thiophene rings is 1. The van der Waals surface area contributed by atoms with Gasteiger partial charge in [-0.05, 0) is 18.6 Å². The van der Waals surface area contributed by atoms with Gasteiger partial charge in [-0.1, -0.05) is 12.1 Å². The molecule has 1 amide bonds. The normalized spacial score (nSPS) is 12.0. The molecule has 1 aromatic carbocycles. The summed E-state index contributed by atoms with van der Waals surface area (Å²) in [6, 6.07) is 8.25. The van der Waals surface area contributed by atoms with Crippen molar-refractivity contribution in [1.29, 1.82) is 0 Å². The monoisotopic (exact) mass is 305 g/mol. The van der Waals surface area contributed by atoms with Crippen LogP contribution >= 0.6 is 11.3 Å². The lowest BCUT2D eigenvalue weighted by atomic mass is 10.1. The minimum absolute atomic E-state index is 0.0379. The first-order chi connectivity index (χ1) is 9.97. The molecule has 0 aliphatic rings. The standard InChI is InChI=1S/C14H15N3O3S/c1-9(10-3-2-4-12(5-10)17(19)20)16-7-13-6-11(8-21-13)14(15)18/h2-6,8-9,16H,7H2,1H3,(H2,15,18). The van der Waals surface area contributed by atoms with Crippen LogP contribution in [0.2, 0.25) is 0 Å². The Bertz CT molecular complexity index is 669. The number of nitro benzene ring substituents is 1. The molecule has 2 rings (SSSR count). The molecule has 1 atom stereocenters. The molecule has 0 aliphatic carbocycles. The van der Waals surface area contributed by atoms with E-state index in [1.807, 2.05) is 13.0 Å². The molecule has 0 spiro atoms. The van der Waals surface area contributed by atoms with Gasteiger partial charge in [0.05, 0.1) is 10.5 Å². The fraction of sp³-hybridized carbons (Fsp3) is 0.214. The van der Waals surface area contributed by atoms with Crippen LogP contribution < -0.4 is 11.1 Å². The van der Waals surface area contributed by atoms with Crippen molar-refractivity contribution in [3.05, 3.63) is 61.8 Å². The topological polar surface area (TPSA) is 98.3 Å². The van der Waals surface area contributed by atoms with Gasteiger partial charge in [0, 0.05) is 35.0 Å². The molecule has 2 aromatic rings. The second-order valence-electron chi connectivity index (χ2n) is 4.62. The van der Waals surface area contributed by atoms with E-state index in [0.717, 1.165) is 10.4 Å². The summed E-state index contributed by atoms with van der Waals surface area (Å²) < 4.78 is 0. The Morgan fingerprint density at radius 1 is 1.48 bits per heavy atom. The number of nitrogens with two attached hydrogens (primary N) is 1. The summed E-state index contributed by atoms with van der Waals surface area (Å²) in [6.07, 6.45) is 0. The van der Waals surface area contributed by atoms with Crippen molar-refractivity contribution in [3.63, 3.8) is 0 Å². The number of nitrogens with zero attached hydrogens (tertiary/aromatic N) is 1. The lowest BCUT2D eigenvalue weighted by Gasteiger charge is -2.13. The lowest BCUT2D eigenvalue weighted by molar-refractivity contribution is -0.384. The van der Waals surface area contributed by atoms with E-state index < -0.39 is 10.8 Å². The molecule has 1 heterocycles. The number of nitrogens with one attached hydrogen (secondary N) is 1. The quantitative estimate of drug-likeness (QED) is 0.633. The number of non-ortho nitro benzene ring substituents is 1. The third-order valence-corrected chi connectivity index (χ3v) is 4.04. The van der Waals surface area contributed by atoms with Crippen molar-refractivity contribution in [2.24, 2.45) is 5.73 Å². The maximum absolute atomic E-state index is 11.0. The predicted molar refractivity (Wildman–Crippen MR) is 81.2 cm³/mol. The van der Waals surface area contributed by atoms with E-state index in [1.165, 1.54) is 17.4 Å². The van der Waals surface area contributed by atoms with E-state index in [-0.39, 0.29) is 11.7 Å². The number of hydrogen-bond acceptors (Lipinski definition) is 5. The minimum Gasteiger partial charge on any atom is -0.366 e. The van der Waals surface area contributed by atoms with Crippen LogP contribution in [0.5, 0.6) is 0 Å². The second-order valence-corrected chi connectivity index (χ2v) is 5.62. The van der Waals surface area contributed by atoms with E-state index in [9.17, 15) is 14.9 Å². The number of benzene rings is 1. The average molecular weight is 305 g/mol. The molecule has 0 saturated heterocycles. The van der Waals surface area contributed by atoms with E-state index in [1.54, 1.807) is 23.6 Å². The van der Waals surface area contributed by atoms with Gasteiger partial charge in [0.15, 0.2) is 0 Å². The fourth-order valence-electron chi connectivity index (χ4n) is 1.88. The van der Waals surface area contributed by atoms with E-state index in [0.29, 0.717) is 12.1 Å². The van der Waals surface area contributed by atoms with Gasteiger partial charge in [0.25, 0.3) is 5.69 Å². The molecule has 7 heteroatoms. The number of carbonyl (C=O) groups is 1. The van der Waals surface area contributed by atoms with Gasteiger partial charge in [-0.3, -0.25) is 14.9 Å². The second kappa shape index (κ2) is 6.47. The van der Waals surface area contributed by atoms with Crippen molar-refractivity contribution in [3.8, 4) is 0 Å². The van der Waals surface area contributed by atoms with Crippen molar-refractivity contribution in [2.45, 2.75) is 19.5 Å². The molecule has 21 heavy (non-hydrogen) atoms. The average Bonchev–Trinajstić information content (AvgIpc) is 2.94. The van der Waals surface area contributed by atoms with Crippen LogP contribution in [0.4, 0.5) is 5.69 Å². The SMILES string of the molecule is CC(NCc1cc(C(N)=O)cs1)c1cccc([N+](=O)[O-])c1. The first kappa shape index (κ1) is 15.1. The Kier molecular flexibility index (Phi) is 4.66. The molecule has 0 aliphatic heterocycles. The molecule has 6 nitrogen and oxygen atoms in total. The number of amides is 1. The number of rotatable bonds is 6. The first-order valence-corrected chi connectivity index (χ1v) is 7.20. The van der Waals surface area contributed by atoms with Crippen LogP contribution in [0.3, 0.4) is 0 Å². The van der Waals surface area contributed by atoms with Crippen LogP contribution in [-0.2, 0) is 6.54 Å². The molecule has 0 saturated carbocycles. The first-order valence-electron chi connectivity index (χ1n) is 6.32. The highest BCUT2D eigenvalue weighted by molar-refractivity contribution is 7.10. The molecular weight excluding hydrogens is 290 g/mol. The molecule has 3 N–H and O–H groups in total. The van der Waals surface area contributed by atoms with Crippen LogP contribution in [0, 0.1) is 10.1 Å². The van der Waals surface area contributed by atoms with E-state index in [2.05, 4.69) is 5.32 Å². The third kappa shape index (κ3) is 3.87. The Labute approximate surface area is 125 Å². The maximum Gasteiger partial charge on any atom is 0.269 e. The van der Waals surface area contributed by atoms with E-state index >= 15 is 0 Å². The van der Waals surface area contributed by atoms with Gasteiger partial charge in [-0.15, -0.1) is 11.3 Å². The molecule has 110 valence electrons. The fourth-order valence-corrected chi connectivity index (χ4v) is 2.71. The molecule has 1 unspecified atom stereocenters. The molecule has 1 aromatic heterocycles. The summed E-state index contributed by atoms with van der Waals surface area (Å²) in [6.45, 7) is 2.50. The minimum atomic E-state index is -0.441. The van der Waals surface area contributed by atoms with Crippen LogP contribution in [0.15, 0.2) is 35.7 Å². The molecule has 0 fully saturated rings. The van der Waals surface area contributed by atoms with Crippen molar-refractivity contribution < 1.29 is 9.72 Å². The Hall–Kier alpha value is -2.25. The zero-order chi connectivity index (χ0) is 15.4. The molecular formula is C14H15N3O3S. The number of hydrogen-bond donors (Lipinski definition) is 2. The van der Waals surface area contributed by atoms with Crippen molar-refractivity contribution >= 4 is 22.9 Å². The van der Waals surface area contributed by atoms with Gasteiger partial charge >= 0.3 is 0 Å². The van der Waals surface area contributed by atoms with Gasteiger partial charge in [-0.2, -0.15) is 0 Å². The summed E-state index contributed by atoms with van der Waals surface area (Å²) in [5, 5.41) is 15.8. The summed E-state index contributed by atoms with van der Waals surface area (Å²) >= 11 is 1.45. The highest BCUT2D eigenvalue weighted by atomic mass is 32.1. The number of nitro groups is 1. The Balaban J connectivity index is 2.00. The summed E-state index contributed by atoms with van der Waals surface area (Å²) in [5.74, 6) is -0.441. The highest BCUT2D eigenvalue weighted by Crippen LogP contribution is 2.20. The van der Waals surface area contributed by atoms with Gasteiger partial charge in [0.1, 0.15) is 0 Å². The summed E-state index contributed by atoms with van der Waals surface area (Å²) in [7, 11) is 0. The smallest absolute Gasteiger partial charge is 0.269 e. The number of carbonyl (C=O) groups excluding carboxylic acids is 1. The molecule has 0 bridgehead atoms. The van der Waals surface area contributed by atoms with Gasteiger partial charge in [0.2, 0.25) is 5.91 Å². The van der Waals surface area contributed by atoms with Crippen LogP contribution in [0.1, 0.15) is 33.8 Å². The predicted octanol–water partition coefficient (Wildman–Crippen LogP) is 2.61. The van der Waals surface area contributed by atoms with Crippen molar-refractivity contribution in [1.82, 2.24) is 5.32 Å². The van der Waals surface area contributed by atoms with E-state index in [4.69, 9.17) is 5.73 Å². The van der Waals surface area contributed by atoms with Crippen LogP contribution in [0.25, 0.3) is 0 Å². The zero-order valence-corrected chi connectivity index (χ0v) is 12.2. The van der Waals surface area contributed by atoms with Gasteiger partial charge in [-0.25, -0.2) is 0 Å². The zero-order valence-electron chi connectivity index (χ0n) is 11.4. The number of primary amides is 1. The summed E-state index contributed by atoms with van der Waals surface area (Å²) in [5.41, 5.74) is 6.62. The Morgan fingerprint density at radius 3 is 2.86 bits per heavy atom. The van der Waals surface area contributed by atoms with Crippen molar-refractivity contribution in [2.75, 3.05) is 0 Å². The third-order valence-electron chi connectivity index (χ3n) is 3.10. The maximum atomic E-state index is 11.0.